The van der Waals surface area contributed by atoms with Crippen LogP contribution in [0, 0.1) is 24.2 Å². The van der Waals surface area contributed by atoms with Gasteiger partial charge in [-0.3, -0.25) is 0 Å². The summed E-state index contributed by atoms with van der Waals surface area (Å²) >= 11 is 3.38. The molecule has 13 nitrogen and oxygen atoms in total. The molecule has 3 aromatic carbocycles. The minimum absolute atomic E-state index is 0. The van der Waals surface area contributed by atoms with E-state index in [1.807, 2.05) is 83.4 Å². The molecule has 0 radical (unpaired) electrons. The molecule has 0 amide bonds. The van der Waals surface area contributed by atoms with E-state index in [1.54, 1.807) is 24.3 Å². The van der Waals surface area contributed by atoms with Crippen LogP contribution < -0.4 is 5.73 Å². The molecular weight excluding hydrogens is 780 g/mol. The Morgan fingerprint density at radius 2 is 1.38 bits per heavy atom. The lowest BCUT2D eigenvalue weighted by Gasteiger charge is -2.10. The van der Waals surface area contributed by atoms with Crippen molar-refractivity contribution in [3.8, 4) is 35.1 Å². The number of nitrogens with one attached hydrogen (secondary N) is 1. The van der Waals surface area contributed by atoms with Crippen molar-refractivity contribution in [1.29, 1.82) is 0 Å². The van der Waals surface area contributed by atoms with Crippen LogP contribution in [-0.2, 0) is 25.5 Å². The predicted molar refractivity (Wildman–Crippen MR) is 220 cm³/mol. The van der Waals surface area contributed by atoms with E-state index >= 15 is 0 Å². The van der Waals surface area contributed by atoms with Gasteiger partial charge in [0.05, 0.1) is 33.7 Å². The number of aromatic amines is 1. The molecule has 2 aliphatic carbocycles. The van der Waals surface area contributed by atoms with Gasteiger partial charge >= 0.3 is 17.9 Å². The van der Waals surface area contributed by atoms with E-state index in [2.05, 4.69) is 51.9 Å². The zero-order valence-corrected chi connectivity index (χ0v) is 32.5. The summed E-state index contributed by atoms with van der Waals surface area (Å²) in [4.78, 5) is 44.1. The topological polar surface area (TPSA) is 184 Å². The number of halogens is 1. The molecule has 2 aliphatic rings. The summed E-state index contributed by atoms with van der Waals surface area (Å²) in [6.45, 7) is 0.842. The van der Waals surface area contributed by atoms with Crippen molar-refractivity contribution >= 4 is 39.7 Å². The number of H-pyrrole nitrogens is 1. The molecule has 0 saturated heterocycles. The normalized spacial score (nSPS) is 12.3. The van der Waals surface area contributed by atoms with Gasteiger partial charge in [0.25, 0.3) is 0 Å². The fourth-order valence-electron chi connectivity index (χ4n) is 4.48. The number of hydrogen-bond donors (Lipinski definition) is 3. The van der Waals surface area contributed by atoms with Crippen molar-refractivity contribution in [2.75, 3.05) is 26.7 Å². The van der Waals surface area contributed by atoms with Gasteiger partial charge in [-0.25, -0.2) is 24.4 Å². The zero-order valence-electron chi connectivity index (χ0n) is 30.9. The molecule has 0 aliphatic heterocycles. The molecule has 5 aromatic rings. The van der Waals surface area contributed by atoms with E-state index in [0.717, 1.165) is 35.0 Å². The van der Waals surface area contributed by atoms with Crippen LogP contribution in [0.2, 0.25) is 0 Å². The molecular formula is C42H49BrN6O7. The van der Waals surface area contributed by atoms with Crippen molar-refractivity contribution in [3.05, 3.63) is 120 Å². The van der Waals surface area contributed by atoms with Crippen LogP contribution in [-0.4, -0.2) is 75.1 Å². The van der Waals surface area contributed by atoms with Gasteiger partial charge in [0.1, 0.15) is 23.0 Å². The first-order valence-electron chi connectivity index (χ1n) is 17.2. The van der Waals surface area contributed by atoms with Gasteiger partial charge in [0, 0.05) is 34.5 Å². The number of amidine groups is 1. The molecule has 2 heterocycles. The molecule has 0 atom stereocenters. The molecule has 0 unspecified atom stereocenters. The van der Waals surface area contributed by atoms with Gasteiger partial charge in [-0.2, -0.15) is 0 Å². The highest BCUT2D eigenvalue weighted by molar-refractivity contribution is 9.09. The highest BCUT2D eigenvalue weighted by atomic mass is 79.9. The number of ether oxygens (including phenoxy) is 3. The Kier molecular flexibility index (Phi) is 20.5. The smallest absolute Gasteiger partial charge is 0.383 e. The number of benzene rings is 3. The minimum Gasteiger partial charge on any atom is -0.464 e. The average Bonchev–Trinajstić information content (AvgIpc) is 4.18. The average molecular weight is 830 g/mol. The van der Waals surface area contributed by atoms with Gasteiger partial charge in [-0.15, -0.1) is 6.42 Å². The molecule has 2 aromatic heterocycles. The third-order valence-corrected chi connectivity index (χ3v) is 8.76. The number of alkyl halides is 1. The number of carbonyl (C=O) groups excluding carboxylic acids is 3. The Hall–Kier alpha value is -6.20. The van der Waals surface area contributed by atoms with Crippen molar-refractivity contribution < 1.29 is 33.8 Å². The molecule has 296 valence electrons. The summed E-state index contributed by atoms with van der Waals surface area (Å²) in [6, 6.07) is 28.6. The number of hydrogen-bond acceptors (Lipinski definition) is 10. The van der Waals surface area contributed by atoms with Crippen LogP contribution >= 0.6 is 15.9 Å². The molecule has 56 heavy (non-hydrogen) atoms. The van der Waals surface area contributed by atoms with Crippen molar-refractivity contribution in [3.63, 3.8) is 0 Å². The lowest BCUT2D eigenvalue weighted by molar-refractivity contribution is -0.133. The first-order chi connectivity index (χ1) is 26.7. The Bertz CT molecular complexity index is 1990. The first-order valence-corrected chi connectivity index (χ1v) is 18.3. The zero-order chi connectivity index (χ0) is 40.0. The van der Waals surface area contributed by atoms with Gasteiger partial charge < -0.3 is 34.7 Å². The van der Waals surface area contributed by atoms with Crippen molar-refractivity contribution in [2.45, 2.75) is 39.7 Å². The molecule has 2 saturated carbocycles. The number of nitrogens with zero attached hydrogens (tertiary/aromatic N) is 4. The fourth-order valence-corrected chi connectivity index (χ4v) is 5.13. The van der Waals surface area contributed by atoms with Crippen molar-refractivity contribution in [1.82, 2.24) is 19.5 Å². The number of methoxy groups -OCH3 is 3. The number of terminal acetylenes is 1. The van der Waals surface area contributed by atoms with Crippen molar-refractivity contribution in [2.24, 2.45) is 22.7 Å². The molecule has 0 bridgehead atoms. The summed E-state index contributed by atoms with van der Waals surface area (Å²) in [5, 5.41) is 12.3. The summed E-state index contributed by atoms with van der Waals surface area (Å²) in [5.41, 5.74) is 8.88. The SMILES string of the molecule is BrCC1CC1.C.C#CC(=O)OC.COC(=O)c1cnc(-c2ccccc2)[nH]1.COC(=O)c1cnc(-c2ccccc2)n1CC1CC1.NC(=NO)c1ccccc1. The lowest BCUT2D eigenvalue weighted by Crippen LogP contribution is -2.12. The molecule has 0 spiro atoms. The number of oxime groups is 1. The van der Waals surface area contributed by atoms with Crippen LogP contribution in [0.3, 0.4) is 0 Å². The van der Waals surface area contributed by atoms with Gasteiger partial charge in [-0.05, 0) is 37.5 Å². The fraction of sp³-hybridized carbons (Fsp3) is 0.286. The number of carbonyl (C=O) groups is 3. The first kappa shape index (κ1) is 46.0. The standard InChI is InChI=1S/C15H16N2O2.C11H10N2O2.C7H8N2O.C4H7Br.C4H4O2.CH4/c1-19-15(18)13-9-16-14(12-5-3-2-4-6-12)17(13)10-11-7-8-11;1-15-11(14)9-7-12-10(13-9)8-5-3-2-4-6-8;8-7(9-10)6-4-2-1-3-5-6;5-3-4-1-2-4;1-3-4(5)6-2;/h2-6,9,11H,7-8,10H2,1H3;2-7H,1H3,(H,12,13);1-5,10H,(H2,8,9);4H,1-3H2;1H,2H3;1H4. The Balaban J connectivity index is 0.000000261. The summed E-state index contributed by atoms with van der Waals surface area (Å²) in [6.07, 6.45) is 13.0. The van der Waals surface area contributed by atoms with E-state index in [-0.39, 0.29) is 19.2 Å². The second kappa shape index (κ2) is 25.0. The number of imidazole rings is 2. The van der Waals surface area contributed by atoms with Gasteiger partial charge in [-0.1, -0.05) is 120 Å². The second-order valence-corrected chi connectivity index (χ2v) is 12.6. The van der Waals surface area contributed by atoms with Gasteiger partial charge in [0.15, 0.2) is 5.84 Å². The van der Waals surface area contributed by atoms with Crippen LogP contribution in [0.4, 0.5) is 0 Å². The van der Waals surface area contributed by atoms with Crippen LogP contribution in [0.15, 0.2) is 109 Å². The van der Waals surface area contributed by atoms with E-state index in [1.165, 1.54) is 58.5 Å². The number of aromatic nitrogens is 4. The maximum atomic E-state index is 11.8. The minimum atomic E-state index is -0.630. The number of rotatable bonds is 8. The van der Waals surface area contributed by atoms with E-state index in [4.69, 9.17) is 15.7 Å². The van der Waals surface area contributed by atoms with E-state index in [9.17, 15) is 14.4 Å². The van der Waals surface area contributed by atoms with Crippen LogP contribution in [0.5, 0.6) is 0 Å². The van der Waals surface area contributed by atoms with Crippen LogP contribution in [0.1, 0.15) is 59.7 Å². The van der Waals surface area contributed by atoms with E-state index in [0.29, 0.717) is 23.1 Å². The monoisotopic (exact) mass is 828 g/mol. The number of esters is 3. The molecule has 14 heteroatoms. The summed E-state index contributed by atoms with van der Waals surface area (Å²) in [7, 11) is 3.98. The Morgan fingerprint density at radius 1 is 0.839 bits per heavy atom. The second-order valence-electron chi connectivity index (χ2n) is 12.0. The third-order valence-electron chi connectivity index (χ3n) is 7.84. The largest absolute Gasteiger partial charge is 0.464 e. The quantitative estimate of drug-likeness (QED) is 0.0162. The molecule has 2 fully saturated rings. The highest BCUT2D eigenvalue weighted by Crippen LogP contribution is 2.33. The maximum absolute atomic E-state index is 11.8. The Labute approximate surface area is 336 Å². The Morgan fingerprint density at radius 3 is 1.80 bits per heavy atom. The predicted octanol–water partition coefficient (Wildman–Crippen LogP) is 7.61. The molecule has 7 rings (SSSR count). The summed E-state index contributed by atoms with van der Waals surface area (Å²) < 4.78 is 15.4. The maximum Gasteiger partial charge on any atom is 0.383 e. The van der Waals surface area contributed by atoms with E-state index < -0.39 is 11.9 Å². The third kappa shape index (κ3) is 15.6. The lowest BCUT2D eigenvalue weighted by atomic mass is 10.2. The highest BCUT2D eigenvalue weighted by Gasteiger charge is 2.26. The molecule has 4 N–H and O–H groups in total. The number of nitrogens with two attached hydrogens (primary N) is 1. The van der Waals surface area contributed by atoms with Gasteiger partial charge in [0.2, 0.25) is 0 Å². The summed E-state index contributed by atoms with van der Waals surface area (Å²) in [5.74, 6) is 3.75. The van der Waals surface area contributed by atoms with Crippen LogP contribution in [0.25, 0.3) is 22.8 Å².